The number of hydrogen-bond acceptors (Lipinski definition) is 3. The lowest BCUT2D eigenvalue weighted by molar-refractivity contribution is -0.139. The zero-order valence-corrected chi connectivity index (χ0v) is 11.3. The topological polar surface area (TPSA) is 78.9 Å². The van der Waals surface area contributed by atoms with Crippen LogP contribution in [0.2, 0.25) is 0 Å². The Balaban J connectivity index is 1.79. The Labute approximate surface area is 113 Å². The van der Waals surface area contributed by atoms with Crippen LogP contribution in [0.1, 0.15) is 32.6 Å². The van der Waals surface area contributed by atoms with E-state index in [9.17, 15) is 9.59 Å². The molecule has 6 heteroatoms. The van der Waals surface area contributed by atoms with Crippen molar-refractivity contribution in [3.63, 3.8) is 0 Å². The fourth-order valence-electron chi connectivity index (χ4n) is 2.50. The number of nitrogens with one attached hydrogen (secondary N) is 1. The van der Waals surface area contributed by atoms with Gasteiger partial charge in [-0.1, -0.05) is 0 Å². The molecule has 0 aromatic carbocycles. The Morgan fingerprint density at radius 1 is 1.32 bits per heavy atom. The van der Waals surface area contributed by atoms with E-state index in [0.717, 1.165) is 25.7 Å². The standard InChI is InChI=1S/C13H22N2O4/c1-2-19-10-5-7-15(8-6-10)13(18)14-11(12(16)17)9-3-4-9/h9-11H,2-8H2,1H3,(H,14,18)(H,16,17). The number of amides is 2. The lowest BCUT2D eigenvalue weighted by Crippen LogP contribution is -2.51. The number of aliphatic carboxylic acids is 1. The van der Waals surface area contributed by atoms with E-state index in [0.29, 0.717) is 19.7 Å². The second-order valence-electron chi connectivity index (χ2n) is 5.24. The van der Waals surface area contributed by atoms with E-state index in [4.69, 9.17) is 9.84 Å². The van der Waals surface area contributed by atoms with Crippen molar-refractivity contribution in [1.82, 2.24) is 10.2 Å². The molecule has 2 rings (SSSR count). The molecule has 2 N–H and O–H groups in total. The molecule has 1 saturated heterocycles. The van der Waals surface area contributed by atoms with Crippen LogP contribution in [0.5, 0.6) is 0 Å². The molecule has 2 amide bonds. The summed E-state index contributed by atoms with van der Waals surface area (Å²) in [6, 6.07) is -0.980. The second kappa shape index (κ2) is 6.23. The van der Waals surface area contributed by atoms with Gasteiger partial charge in [0.1, 0.15) is 6.04 Å². The largest absolute Gasteiger partial charge is 0.480 e. The highest BCUT2D eigenvalue weighted by molar-refractivity contribution is 5.83. The number of piperidine rings is 1. The third kappa shape index (κ3) is 3.83. The third-order valence-corrected chi connectivity index (χ3v) is 3.77. The predicted molar refractivity (Wildman–Crippen MR) is 68.9 cm³/mol. The highest BCUT2D eigenvalue weighted by Gasteiger charge is 2.38. The molecule has 1 aliphatic carbocycles. The molecule has 1 saturated carbocycles. The van der Waals surface area contributed by atoms with Crippen LogP contribution < -0.4 is 5.32 Å². The number of carbonyl (C=O) groups is 2. The number of likely N-dealkylation sites (tertiary alicyclic amines) is 1. The van der Waals surface area contributed by atoms with Crippen molar-refractivity contribution in [2.45, 2.75) is 44.8 Å². The van der Waals surface area contributed by atoms with E-state index in [1.54, 1.807) is 4.90 Å². The predicted octanol–water partition coefficient (Wildman–Crippen LogP) is 1.06. The molecule has 2 fully saturated rings. The van der Waals surface area contributed by atoms with Crippen LogP contribution in [0.4, 0.5) is 4.79 Å². The van der Waals surface area contributed by atoms with Crippen LogP contribution in [0.25, 0.3) is 0 Å². The number of carboxylic acid groups (broad SMARTS) is 1. The van der Waals surface area contributed by atoms with Crippen molar-refractivity contribution in [3.05, 3.63) is 0 Å². The average Bonchev–Trinajstić information content (AvgIpc) is 3.21. The molecular weight excluding hydrogens is 248 g/mol. The molecule has 1 unspecified atom stereocenters. The first-order valence-electron chi connectivity index (χ1n) is 7.01. The van der Waals surface area contributed by atoms with Crippen LogP contribution in [-0.2, 0) is 9.53 Å². The molecule has 1 atom stereocenters. The minimum Gasteiger partial charge on any atom is -0.480 e. The van der Waals surface area contributed by atoms with Crippen LogP contribution >= 0.6 is 0 Å². The van der Waals surface area contributed by atoms with Crippen LogP contribution in [0, 0.1) is 5.92 Å². The van der Waals surface area contributed by atoms with Crippen molar-refractivity contribution in [2.75, 3.05) is 19.7 Å². The fourth-order valence-corrected chi connectivity index (χ4v) is 2.50. The van der Waals surface area contributed by atoms with E-state index < -0.39 is 12.0 Å². The van der Waals surface area contributed by atoms with Gasteiger partial charge in [-0.15, -0.1) is 0 Å². The Bertz CT molecular complexity index is 336. The van der Waals surface area contributed by atoms with Crippen molar-refractivity contribution in [3.8, 4) is 0 Å². The number of nitrogens with zero attached hydrogens (tertiary/aromatic N) is 1. The summed E-state index contributed by atoms with van der Waals surface area (Å²) in [5, 5.41) is 11.7. The number of rotatable bonds is 5. The summed E-state index contributed by atoms with van der Waals surface area (Å²) in [4.78, 5) is 24.8. The van der Waals surface area contributed by atoms with Crippen LogP contribution in [0.3, 0.4) is 0 Å². The van der Waals surface area contributed by atoms with E-state index in [1.165, 1.54) is 0 Å². The highest BCUT2D eigenvalue weighted by atomic mass is 16.5. The van der Waals surface area contributed by atoms with Crippen molar-refractivity contribution >= 4 is 12.0 Å². The normalized spacial score (nSPS) is 22.1. The maximum absolute atomic E-state index is 12.0. The molecule has 108 valence electrons. The molecule has 0 aromatic heterocycles. The summed E-state index contributed by atoms with van der Waals surface area (Å²) in [5.74, 6) is -0.817. The smallest absolute Gasteiger partial charge is 0.326 e. The zero-order valence-electron chi connectivity index (χ0n) is 11.3. The highest BCUT2D eigenvalue weighted by Crippen LogP contribution is 2.32. The van der Waals surface area contributed by atoms with Gasteiger partial charge in [-0.25, -0.2) is 9.59 Å². The van der Waals surface area contributed by atoms with Gasteiger partial charge >= 0.3 is 12.0 Å². The molecule has 19 heavy (non-hydrogen) atoms. The number of ether oxygens (including phenoxy) is 1. The van der Waals surface area contributed by atoms with E-state index in [-0.39, 0.29) is 18.1 Å². The summed E-state index contributed by atoms with van der Waals surface area (Å²) < 4.78 is 5.53. The molecule has 0 aromatic rings. The number of hydrogen-bond donors (Lipinski definition) is 2. The monoisotopic (exact) mass is 270 g/mol. The summed E-state index contributed by atoms with van der Waals surface area (Å²) in [5.41, 5.74) is 0. The van der Waals surface area contributed by atoms with Gasteiger partial charge < -0.3 is 20.1 Å². The van der Waals surface area contributed by atoms with Crippen LogP contribution in [0.15, 0.2) is 0 Å². The molecule has 1 heterocycles. The van der Waals surface area contributed by atoms with Crippen LogP contribution in [-0.4, -0.2) is 53.8 Å². The van der Waals surface area contributed by atoms with E-state index in [2.05, 4.69) is 5.32 Å². The SMILES string of the molecule is CCOC1CCN(C(=O)NC(C(=O)O)C2CC2)CC1. The molecule has 1 aliphatic heterocycles. The summed E-state index contributed by atoms with van der Waals surface area (Å²) in [6.07, 6.45) is 3.66. The van der Waals surface area contributed by atoms with Gasteiger partial charge in [0.2, 0.25) is 0 Å². The van der Waals surface area contributed by atoms with Crippen molar-refractivity contribution in [2.24, 2.45) is 5.92 Å². The molecule has 0 spiro atoms. The van der Waals surface area contributed by atoms with Gasteiger partial charge in [0.25, 0.3) is 0 Å². The van der Waals surface area contributed by atoms with E-state index >= 15 is 0 Å². The van der Waals surface area contributed by atoms with Gasteiger partial charge in [-0.3, -0.25) is 0 Å². The quantitative estimate of drug-likeness (QED) is 0.783. The Morgan fingerprint density at radius 2 is 1.95 bits per heavy atom. The number of urea groups is 1. The van der Waals surface area contributed by atoms with Gasteiger partial charge in [0.05, 0.1) is 6.10 Å². The van der Waals surface area contributed by atoms with Gasteiger partial charge in [-0.05, 0) is 38.5 Å². The lowest BCUT2D eigenvalue weighted by Gasteiger charge is -2.32. The first-order valence-corrected chi connectivity index (χ1v) is 7.01. The van der Waals surface area contributed by atoms with Gasteiger partial charge in [0.15, 0.2) is 0 Å². The Hall–Kier alpha value is -1.30. The maximum Gasteiger partial charge on any atom is 0.326 e. The van der Waals surface area contributed by atoms with Crippen molar-refractivity contribution < 1.29 is 19.4 Å². The molecular formula is C13H22N2O4. The van der Waals surface area contributed by atoms with E-state index in [1.807, 2.05) is 6.92 Å². The molecule has 0 bridgehead atoms. The number of carbonyl (C=O) groups excluding carboxylic acids is 1. The third-order valence-electron chi connectivity index (χ3n) is 3.77. The summed E-state index contributed by atoms with van der Waals surface area (Å²) >= 11 is 0. The fraction of sp³-hybridized carbons (Fsp3) is 0.846. The Morgan fingerprint density at radius 3 is 2.42 bits per heavy atom. The van der Waals surface area contributed by atoms with Gasteiger partial charge in [-0.2, -0.15) is 0 Å². The first kappa shape index (κ1) is 14.1. The number of carboxylic acids is 1. The molecule has 0 radical (unpaired) electrons. The second-order valence-corrected chi connectivity index (χ2v) is 5.24. The summed E-state index contributed by atoms with van der Waals surface area (Å²) in [7, 11) is 0. The maximum atomic E-state index is 12.0. The zero-order chi connectivity index (χ0) is 13.8. The molecule has 2 aliphatic rings. The minimum atomic E-state index is -0.931. The Kier molecular flexibility index (Phi) is 4.63. The average molecular weight is 270 g/mol. The first-order chi connectivity index (χ1) is 9.11. The lowest BCUT2D eigenvalue weighted by atomic mass is 10.1. The van der Waals surface area contributed by atoms with Crippen molar-refractivity contribution in [1.29, 1.82) is 0 Å². The summed E-state index contributed by atoms with van der Waals surface area (Å²) in [6.45, 7) is 3.92. The minimum absolute atomic E-state index is 0.113. The van der Waals surface area contributed by atoms with Gasteiger partial charge in [0, 0.05) is 19.7 Å². The molecule has 6 nitrogen and oxygen atoms in total.